The number of rotatable bonds is 10. The van der Waals surface area contributed by atoms with Crippen molar-refractivity contribution in [2.45, 2.75) is 53.1 Å². The number of benzene rings is 1. The van der Waals surface area contributed by atoms with E-state index in [2.05, 4.69) is 36.1 Å². The lowest BCUT2D eigenvalue weighted by molar-refractivity contribution is 0.552. The summed E-state index contributed by atoms with van der Waals surface area (Å²) in [6, 6.07) is 10.5. The molecule has 0 saturated heterocycles. The summed E-state index contributed by atoms with van der Waals surface area (Å²) in [4.78, 5) is 32.3. The average Bonchev–Trinajstić information content (AvgIpc) is 2.75. The van der Waals surface area contributed by atoms with Gasteiger partial charge in [0.1, 0.15) is 5.82 Å². The van der Waals surface area contributed by atoms with Gasteiger partial charge in [-0.15, -0.1) is 0 Å². The molecule has 0 atom stereocenters. The molecule has 7 heteroatoms. The van der Waals surface area contributed by atoms with E-state index in [1.807, 2.05) is 24.3 Å². The van der Waals surface area contributed by atoms with Crippen molar-refractivity contribution < 1.29 is 0 Å². The van der Waals surface area contributed by atoms with Gasteiger partial charge in [0.05, 0.1) is 10.7 Å². The molecule has 0 saturated carbocycles. The number of hydrogen-bond acceptors (Lipinski definition) is 4. The van der Waals surface area contributed by atoms with Gasteiger partial charge in [-0.2, -0.15) is 0 Å². The maximum atomic E-state index is 12.5. The molecule has 6 nitrogen and oxygen atoms in total. The van der Waals surface area contributed by atoms with Gasteiger partial charge in [0.25, 0.3) is 11.1 Å². The molecule has 0 unspecified atom stereocenters. The number of nitrogens with zero attached hydrogens (tertiary/aromatic N) is 2. The van der Waals surface area contributed by atoms with Crippen LogP contribution in [0.2, 0.25) is 5.02 Å². The van der Waals surface area contributed by atoms with Gasteiger partial charge in [-0.1, -0.05) is 51.3 Å². The number of nitrogens with one attached hydrogen (secondary N) is 2. The molecule has 0 aliphatic heterocycles. The van der Waals surface area contributed by atoms with Crippen LogP contribution in [0.3, 0.4) is 0 Å². The zero-order valence-electron chi connectivity index (χ0n) is 19.0. The highest BCUT2D eigenvalue weighted by Gasteiger charge is 2.12. The second-order valence-electron chi connectivity index (χ2n) is 8.47. The van der Waals surface area contributed by atoms with Gasteiger partial charge in [-0.3, -0.25) is 9.59 Å². The molecular formula is C25H31ClN4O2. The number of aromatic nitrogens is 3. The zero-order valence-corrected chi connectivity index (χ0v) is 19.7. The summed E-state index contributed by atoms with van der Waals surface area (Å²) in [6.45, 7) is 8.74. The fourth-order valence-electron chi connectivity index (χ4n) is 3.49. The number of halogens is 1. The average molecular weight is 455 g/mol. The van der Waals surface area contributed by atoms with Crippen LogP contribution in [-0.2, 0) is 13.1 Å². The molecule has 170 valence electrons. The third-order valence-corrected chi connectivity index (χ3v) is 5.53. The van der Waals surface area contributed by atoms with Crippen LogP contribution < -0.4 is 16.4 Å². The standard InChI is InChI=1S/C25H31ClN4O2/c1-4-5-6-10-30-11-9-19(13-24(30)32)22-14-23(31)29-25(28-22)20-12-18(7-8-21(20)26)16-27-15-17(2)3/h7-9,11-14,17,27H,4-6,10,15-16H2,1-3H3,(H,28,29,31). The molecule has 0 radical (unpaired) electrons. The van der Waals surface area contributed by atoms with Crippen LogP contribution in [0, 0.1) is 5.92 Å². The quantitative estimate of drug-likeness (QED) is 0.429. The Morgan fingerprint density at radius 1 is 1.12 bits per heavy atom. The van der Waals surface area contributed by atoms with E-state index in [0.717, 1.165) is 31.4 Å². The minimum Gasteiger partial charge on any atom is -0.316 e. The van der Waals surface area contributed by atoms with Crippen molar-refractivity contribution in [1.29, 1.82) is 0 Å². The van der Waals surface area contributed by atoms with Crippen LogP contribution in [-0.4, -0.2) is 21.1 Å². The monoisotopic (exact) mass is 454 g/mol. The molecule has 0 aliphatic carbocycles. The lowest BCUT2D eigenvalue weighted by atomic mass is 10.1. The van der Waals surface area contributed by atoms with Gasteiger partial charge >= 0.3 is 0 Å². The van der Waals surface area contributed by atoms with Crippen molar-refractivity contribution in [2.75, 3.05) is 6.54 Å². The van der Waals surface area contributed by atoms with Crippen LogP contribution in [0.25, 0.3) is 22.6 Å². The smallest absolute Gasteiger partial charge is 0.251 e. The number of pyridine rings is 1. The summed E-state index contributed by atoms with van der Waals surface area (Å²) in [5.74, 6) is 0.939. The van der Waals surface area contributed by atoms with Crippen LogP contribution in [0.5, 0.6) is 0 Å². The van der Waals surface area contributed by atoms with E-state index in [1.165, 1.54) is 12.1 Å². The molecule has 1 aromatic carbocycles. The molecule has 3 aromatic rings. The van der Waals surface area contributed by atoms with Gasteiger partial charge in [0.2, 0.25) is 0 Å². The first-order valence-electron chi connectivity index (χ1n) is 11.2. The lowest BCUT2D eigenvalue weighted by Gasteiger charge is -2.11. The fourth-order valence-corrected chi connectivity index (χ4v) is 3.69. The van der Waals surface area contributed by atoms with Crippen LogP contribution in [0.4, 0.5) is 0 Å². The highest BCUT2D eigenvalue weighted by atomic mass is 35.5. The van der Waals surface area contributed by atoms with Crippen molar-refractivity contribution in [3.8, 4) is 22.6 Å². The summed E-state index contributed by atoms with van der Waals surface area (Å²) >= 11 is 6.44. The Morgan fingerprint density at radius 2 is 1.94 bits per heavy atom. The molecule has 2 aromatic heterocycles. The topological polar surface area (TPSA) is 79.8 Å². The second-order valence-corrected chi connectivity index (χ2v) is 8.88. The Balaban J connectivity index is 1.90. The molecule has 0 amide bonds. The molecule has 2 N–H and O–H groups in total. The Labute approximate surface area is 193 Å². The van der Waals surface area contributed by atoms with Gasteiger partial charge in [-0.25, -0.2) is 4.98 Å². The Hall–Kier alpha value is -2.70. The molecule has 0 aliphatic rings. The first-order valence-corrected chi connectivity index (χ1v) is 11.6. The third-order valence-electron chi connectivity index (χ3n) is 5.20. The summed E-state index contributed by atoms with van der Waals surface area (Å²) in [5, 5.41) is 3.91. The number of aromatic amines is 1. The maximum Gasteiger partial charge on any atom is 0.251 e. The molecule has 2 heterocycles. The number of unbranched alkanes of at least 4 members (excludes halogenated alkanes) is 2. The van der Waals surface area contributed by atoms with E-state index in [-0.39, 0.29) is 11.1 Å². The Morgan fingerprint density at radius 3 is 2.66 bits per heavy atom. The Bertz CT molecular complexity index is 1170. The minimum atomic E-state index is -0.295. The maximum absolute atomic E-state index is 12.5. The first-order chi connectivity index (χ1) is 15.4. The molecular weight excluding hydrogens is 424 g/mol. The largest absolute Gasteiger partial charge is 0.316 e. The highest BCUT2D eigenvalue weighted by Crippen LogP contribution is 2.27. The summed E-state index contributed by atoms with van der Waals surface area (Å²) in [5.41, 5.74) is 2.37. The molecule has 0 spiro atoms. The lowest BCUT2D eigenvalue weighted by Crippen LogP contribution is -2.19. The minimum absolute atomic E-state index is 0.0986. The van der Waals surface area contributed by atoms with E-state index in [9.17, 15) is 9.59 Å². The van der Waals surface area contributed by atoms with Gasteiger partial charge in [0, 0.05) is 42.5 Å². The van der Waals surface area contributed by atoms with E-state index in [1.54, 1.807) is 10.8 Å². The van der Waals surface area contributed by atoms with Crippen LogP contribution in [0.1, 0.15) is 45.6 Å². The number of aryl methyl sites for hydroxylation is 1. The van der Waals surface area contributed by atoms with E-state index in [4.69, 9.17) is 11.6 Å². The van der Waals surface area contributed by atoms with Gasteiger partial charge in [-0.05, 0) is 42.6 Å². The fraction of sp³-hybridized carbons (Fsp3) is 0.400. The second kappa shape index (κ2) is 11.2. The van der Waals surface area contributed by atoms with Gasteiger partial charge in [0.15, 0.2) is 0 Å². The number of hydrogen-bond donors (Lipinski definition) is 2. The third kappa shape index (κ3) is 6.40. The van der Waals surface area contributed by atoms with Crippen molar-refractivity contribution in [3.63, 3.8) is 0 Å². The highest BCUT2D eigenvalue weighted by molar-refractivity contribution is 6.33. The van der Waals surface area contributed by atoms with Crippen molar-refractivity contribution in [2.24, 2.45) is 5.92 Å². The summed E-state index contributed by atoms with van der Waals surface area (Å²) in [7, 11) is 0. The predicted molar refractivity (Wildman–Crippen MR) is 131 cm³/mol. The number of H-pyrrole nitrogens is 1. The van der Waals surface area contributed by atoms with Crippen molar-refractivity contribution in [1.82, 2.24) is 19.9 Å². The van der Waals surface area contributed by atoms with Crippen LogP contribution >= 0.6 is 11.6 Å². The molecule has 0 fully saturated rings. The summed E-state index contributed by atoms with van der Waals surface area (Å²) in [6.07, 6.45) is 4.91. The van der Waals surface area contributed by atoms with E-state index < -0.39 is 0 Å². The van der Waals surface area contributed by atoms with E-state index >= 15 is 0 Å². The van der Waals surface area contributed by atoms with Gasteiger partial charge < -0.3 is 14.9 Å². The molecule has 3 rings (SSSR count). The van der Waals surface area contributed by atoms with Crippen molar-refractivity contribution in [3.05, 3.63) is 73.9 Å². The van der Waals surface area contributed by atoms with Crippen molar-refractivity contribution >= 4 is 11.6 Å². The SMILES string of the molecule is CCCCCn1ccc(-c2cc(=O)[nH]c(-c3cc(CNCC(C)C)ccc3Cl)n2)cc1=O. The molecule has 0 bridgehead atoms. The van der Waals surface area contributed by atoms with Crippen LogP contribution in [0.15, 0.2) is 52.2 Å². The zero-order chi connectivity index (χ0) is 23.1. The Kier molecular flexibility index (Phi) is 8.42. The van der Waals surface area contributed by atoms with E-state index in [0.29, 0.717) is 46.7 Å². The molecule has 32 heavy (non-hydrogen) atoms. The predicted octanol–water partition coefficient (Wildman–Crippen LogP) is 4.85. The summed E-state index contributed by atoms with van der Waals surface area (Å²) < 4.78 is 1.69. The normalized spacial score (nSPS) is 11.3. The first kappa shape index (κ1) is 24.0.